The van der Waals surface area contributed by atoms with Crippen molar-refractivity contribution in [2.45, 2.75) is 31.1 Å². The predicted octanol–water partition coefficient (Wildman–Crippen LogP) is 3.41. The third-order valence-electron chi connectivity index (χ3n) is 5.82. The van der Waals surface area contributed by atoms with Crippen LogP contribution < -0.4 is 0 Å². The lowest BCUT2D eigenvalue weighted by Gasteiger charge is -2.41. The average Bonchev–Trinajstić information content (AvgIpc) is 3.31. The summed E-state index contributed by atoms with van der Waals surface area (Å²) in [4.78, 5) is 23.5. The second-order valence-corrected chi connectivity index (χ2v) is 7.88. The van der Waals surface area contributed by atoms with Gasteiger partial charge in [-0.1, -0.05) is 23.4 Å². The molecule has 0 saturated carbocycles. The molecule has 1 amide bonds. The van der Waals surface area contributed by atoms with Crippen LogP contribution in [0.3, 0.4) is 0 Å². The summed E-state index contributed by atoms with van der Waals surface area (Å²) in [6.07, 6.45) is 5.64. The van der Waals surface area contributed by atoms with Gasteiger partial charge in [0.25, 0.3) is 5.89 Å². The number of halogens is 1. The van der Waals surface area contributed by atoms with Crippen LogP contribution >= 0.6 is 0 Å². The molecule has 1 unspecified atom stereocenters. The average molecular weight is 424 g/mol. The van der Waals surface area contributed by atoms with E-state index in [0.29, 0.717) is 43.4 Å². The number of hydrogen-bond acceptors (Lipinski definition) is 6. The van der Waals surface area contributed by atoms with Gasteiger partial charge in [-0.2, -0.15) is 4.98 Å². The minimum absolute atomic E-state index is 0.0280. The van der Waals surface area contributed by atoms with Gasteiger partial charge < -0.3 is 14.2 Å². The van der Waals surface area contributed by atoms with Crippen molar-refractivity contribution in [2.75, 3.05) is 26.8 Å². The van der Waals surface area contributed by atoms with E-state index in [9.17, 15) is 9.18 Å². The fourth-order valence-corrected chi connectivity index (χ4v) is 4.10. The third-order valence-corrected chi connectivity index (χ3v) is 5.82. The first-order valence-corrected chi connectivity index (χ1v) is 10.4. The van der Waals surface area contributed by atoms with Crippen LogP contribution in [0.1, 0.15) is 30.7 Å². The van der Waals surface area contributed by atoms with Crippen molar-refractivity contribution in [1.29, 1.82) is 0 Å². The topological polar surface area (TPSA) is 81.3 Å². The number of methoxy groups -OCH3 is 1. The van der Waals surface area contributed by atoms with E-state index >= 15 is 0 Å². The quantitative estimate of drug-likeness (QED) is 0.578. The Balaban J connectivity index is 1.57. The van der Waals surface area contributed by atoms with Crippen LogP contribution in [0.5, 0.6) is 0 Å². The Morgan fingerprint density at radius 2 is 2.16 bits per heavy atom. The van der Waals surface area contributed by atoms with Gasteiger partial charge in [0.15, 0.2) is 5.82 Å². The summed E-state index contributed by atoms with van der Waals surface area (Å²) >= 11 is 0. The summed E-state index contributed by atoms with van der Waals surface area (Å²) in [5, 5.41) is 4.27. The molecule has 0 N–H and O–H groups in total. The van der Waals surface area contributed by atoms with E-state index in [2.05, 4.69) is 15.1 Å². The first-order valence-electron chi connectivity index (χ1n) is 10.4. The van der Waals surface area contributed by atoms with E-state index in [1.807, 2.05) is 12.1 Å². The van der Waals surface area contributed by atoms with E-state index < -0.39 is 5.41 Å². The van der Waals surface area contributed by atoms with Crippen molar-refractivity contribution in [3.8, 4) is 11.5 Å². The molecular formula is C23H25FN4O3. The van der Waals surface area contributed by atoms with Crippen molar-refractivity contribution in [2.24, 2.45) is 0 Å². The highest BCUT2D eigenvalue weighted by molar-refractivity contribution is 5.79. The highest BCUT2D eigenvalue weighted by Crippen LogP contribution is 2.37. The fourth-order valence-electron chi connectivity index (χ4n) is 4.10. The molecule has 1 aliphatic heterocycles. The number of rotatable bonds is 7. The maximum absolute atomic E-state index is 14.0. The Morgan fingerprint density at radius 3 is 2.94 bits per heavy atom. The monoisotopic (exact) mass is 424 g/mol. The molecule has 1 aliphatic rings. The molecule has 4 rings (SSSR count). The highest BCUT2D eigenvalue weighted by Gasteiger charge is 2.42. The number of nitrogens with zero attached hydrogens (tertiary/aromatic N) is 4. The summed E-state index contributed by atoms with van der Waals surface area (Å²) < 4.78 is 24.9. The Morgan fingerprint density at radius 1 is 1.29 bits per heavy atom. The SMILES string of the molecule is COCCC1(c2noc(-c3cccnc3)n2)CCCN(C(=O)Cc2ccccc2F)C1. The van der Waals surface area contributed by atoms with E-state index in [1.54, 1.807) is 42.6 Å². The maximum atomic E-state index is 14.0. The molecule has 3 aromatic rings. The van der Waals surface area contributed by atoms with Gasteiger partial charge >= 0.3 is 0 Å². The highest BCUT2D eigenvalue weighted by atomic mass is 19.1. The second kappa shape index (κ2) is 9.34. The standard InChI is InChI=1S/C23H25FN4O3/c1-30-13-10-23(22-26-21(31-27-22)18-7-4-11-25-15-18)9-5-12-28(16-23)20(29)14-17-6-2-3-8-19(17)24/h2-4,6-8,11,15H,5,9-10,12-14,16H2,1H3. The van der Waals surface area contributed by atoms with Gasteiger partial charge in [0.1, 0.15) is 5.82 Å². The van der Waals surface area contributed by atoms with Gasteiger partial charge in [-0.3, -0.25) is 9.78 Å². The first-order chi connectivity index (χ1) is 15.1. The molecule has 3 heterocycles. The van der Waals surface area contributed by atoms with Crippen molar-refractivity contribution in [1.82, 2.24) is 20.0 Å². The summed E-state index contributed by atoms with van der Waals surface area (Å²) in [6.45, 7) is 1.57. The second-order valence-electron chi connectivity index (χ2n) is 7.88. The number of ether oxygens (including phenoxy) is 1. The molecule has 0 bridgehead atoms. The zero-order valence-corrected chi connectivity index (χ0v) is 17.5. The van der Waals surface area contributed by atoms with Crippen molar-refractivity contribution >= 4 is 5.91 Å². The lowest BCUT2D eigenvalue weighted by molar-refractivity contribution is -0.133. The predicted molar refractivity (Wildman–Crippen MR) is 112 cm³/mol. The van der Waals surface area contributed by atoms with Crippen LogP contribution in [0, 0.1) is 5.82 Å². The number of piperidine rings is 1. The fraction of sp³-hybridized carbons (Fsp3) is 0.391. The van der Waals surface area contributed by atoms with E-state index in [1.165, 1.54) is 6.07 Å². The van der Waals surface area contributed by atoms with Gasteiger partial charge in [-0.25, -0.2) is 4.39 Å². The van der Waals surface area contributed by atoms with Gasteiger partial charge in [0.2, 0.25) is 5.91 Å². The molecule has 1 atom stereocenters. The van der Waals surface area contributed by atoms with E-state index in [4.69, 9.17) is 9.26 Å². The number of carbonyl (C=O) groups excluding carboxylic acids is 1. The van der Waals surface area contributed by atoms with Crippen LogP contribution in [0.4, 0.5) is 4.39 Å². The van der Waals surface area contributed by atoms with E-state index in [-0.39, 0.29) is 18.1 Å². The lowest BCUT2D eigenvalue weighted by atomic mass is 9.76. The van der Waals surface area contributed by atoms with Gasteiger partial charge in [0.05, 0.1) is 17.4 Å². The number of amides is 1. The Labute approximate surface area is 180 Å². The summed E-state index contributed by atoms with van der Waals surface area (Å²) in [7, 11) is 1.65. The number of pyridine rings is 1. The smallest absolute Gasteiger partial charge is 0.259 e. The zero-order valence-electron chi connectivity index (χ0n) is 17.5. The van der Waals surface area contributed by atoms with Crippen LogP contribution in [0.2, 0.25) is 0 Å². The lowest BCUT2D eigenvalue weighted by Crippen LogP contribution is -2.50. The normalized spacial score (nSPS) is 18.8. The Hall–Kier alpha value is -3.13. The Kier molecular flexibility index (Phi) is 6.36. The van der Waals surface area contributed by atoms with Crippen molar-refractivity contribution in [3.05, 3.63) is 66.0 Å². The number of carbonyl (C=O) groups is 1. The Bertz CT molecular complexity index is 1030. The summed E-state index contributed by atoms with van der Waals surface area (Å²) in [6, 6.07) is 10.1. The molecule has 1 fully saturated rings. The van der Waals surface area contributed by atoms with Gasteiger partial charge in [-0.05, 0) is 43.0 Å². The summed E-state index contributed by atoms with van der Waals surface area (Å²) in [5.41, 5.74) is 0.661. The molecule has 0 radical (unpaired) electrons. The zero-order chi connectivity index (χ0) is 21.7. The molecule has 0 spiro atoms. The van der Waals surface area contributed by atoms with Crippen molar-refractivity contribution in [3.63, 3.8) is 0 Å². The number of likely N-dealkylation sites (tertiary alicyclic amines) is 1. The number of hydrogen-bond donors (Lipinski definition) is 0. The molecule has 31 heavy (non-hydrogen) atoms. The molecule has 0 aliphatic carbocycles. The van der Waals surface area contributed by atoms with Crippen LogP contribution in [0.25, 0.3) is 11.5 Å². The third kappa shape index (κ3) is 4.64. The molecule has 1 saturated heterocycles. The number of aromatic nitrogens is 3. The minimum atomic E-state index is -0.483. The number of benzene rings is 1. The first kappa shape index (κ1) is 21.1. The largest absolute Gasteiger partial charge is 0.385 e. The van der Waals surface area contributed by atoms with Crippen LogP contribution in [-0.2, 0) is 21.4 Å². The molecule has 7 nitrogen and oxygen atoms in total. The maximum Gasteiger partial charge on any atom is 0.259 e. The molecular weight excluding hydrogens is 399 g/mol. The minimum Gasteiger partial charge on any atom is -0.385 e. The van der Waals surface area contributed by atoms with Gasteiger partial charge in [-0.15, -0.1) is 0 Å². The molecule has 1 aromatic carbocycles. The van der Waals surface area contributed by atoms with Crippen LogP contribution in [0.15, 0.2) is 53.3 Å². The van der Waals surface area contributed by atoms with Gasteiger partial charge in [0, 0.05) is 39.2 Å². The van der Waals surface area contributed by atoms with Crippen molar-refractivity contribution < 1.29 is 18.4 Å². The van der Waals surface area contributed by atoms with E-state index in [0.717, 1.165) is 18.4 Å². The summed E-state index contributed by atoms with van der Waals surface area (Å²) in [5.74, 6) is 0.488. The molecule has 2 aromatic heterocycles. The van der Waals surface area contributed by atoms with Crippen LogP contribution in [-0.4, -0.2) is 52.7 Å². The molecule has 8 heteroatoms. The molecule has 162 valence electrons.